The molecule has 0 radical (unpaired) electrons. The van der Waals surface area contributed by atoms with Gasteiger partial charge in [0.1, 0.15) is 0 Å². The number of aliphatic hydroxyl groups excluding tert-OH is 1. The maximum Gasteiger partial charge on any atom is 0.184 e. The molecular weight excluding hydrogens is 466 g/mol. The van der Waals surface area contributed by atoms with Crippen LogP contribution < -0.4 is 5.73 Å². The zero-order chi connectivity index (χ0) is 24.7. The molecule has 4 aromatic carbocycles. The molecule has 3 N–H and O–H groups in total. The third-order valence-electron chi connectivity index (χ3n) is 6.53. The number of thioether (sulfide) groups is 1. The van der Waals surface area contributed by atoms with Gasteiger partial charge in [-0.25, -0.2) is 0 Å². The van der Waals surface area contributed by atoms with Gasteiger partial charge >= 0.3 is 0 Å². The number of nitrogens with two attached hydrogens (primary N) is 1. The summed E-state index contributed by atoms with van der Waals surface area (Å²) in [4.78, 5) is 1.23. The number of hydrogen-bond acceptors (Lipinski definition) is 5. The Hall–Kier alpha value is -2.93. The average molecular weight is 498 g/mol. The Morgan fingerprint density at radius 1 is 0.778 bits per heavy atom. The highest BCUT2D eigenvalue weighted by molar-refractivity contribution is 7.99. The van der Waals surface area contributed by atoms with E-state index in [2.05, 4.69) is 60.7 Å². The third kappa shape index (κ3) is 5.89. The van der Waals surface area contributed by atoms with Crippen LogP contribution in [0.3, 0.4) is 0 Å². The van der Waals surface area contributed by atoms with Crippen LogP contribution in [0.4, 0.5) is 0 Å². The van der Waals surface area contributed by atoms with Gasteiger partial charge in [-0.05, 0) is 39.9 Å². The zero-order valence-electron chi connectivity index (χ0n) is 20.1. The molecule has 0 spiro atoms. The summed E-state index contributed by atoms with van der Waals surface area (Å²) in [6.45, 7) is 0.539. The maximum atomic E-state index is 9.43. The maximum absolute atomic E-state index is 9.43. The number of hydrogen-bond donors (Lipinski definition) is 2. The Morgan fingerprint density at radius 2 is 1.47 bits per heavy atom. The van der Waals surface area contributed by atoms with Crippen molar-refractivity contribution in [2.75, 3.05) is 5.75 Å². The Balaban J connectivity index is 1.37. The van der Waals surface area contributed by atoms with Gasteiger partial charge in [-0.3, -0.25) is 0 Å². The molecule has 1 aliphatic heterocycles. The lowest BCUT2D eigenvalue weighted by Crippen LogP contribution is -2.31. The largest absolute Gasteiger partial charge is 0.392 e. The minimum atomic E-state index is -0.457. The molecule has 0 aromatic heterocycles. The van der Waals surface area contributed by atoms with Crippen LogP contribution in [0.25, 0.3) is 11.1 Å². The van der Waals surface area contributed by atoms with Gasteiger partial charge in [0, 0.05) is 29.2 Å². The molecule has 1 aliphatic rings. The van der Waals surface area contributed by atoms with Gasteiger partial charge in [0.15, 0.2) is 6.29 Å². The SMILES string of the molecule is NCc1ccccc1-c1ccc(C2OC(CSc3ccccc3)CC(c3ccc(CO)cc3)O2)cc1. The van der Waals surface area contributed by atoms with E-state index in [9.17, 15) is 5.11 Å². The predicted octanol–water partition coefficient (Wildman–Crippen LogP) is 6.64. The summed E-state index contributed by atoms with van der Waals surface area (Å²) in [6.07, 6.45) is 0.266. The van der Waals surface area contributed by atoms with Crippen molar-refractivity contribution in [2.45, 2.75) is 43.0 Å². The van der Waals surface area contributed by atoms with E-state index in [0.717, 1.165) is 45.6 Å². The van der Waals surface area contributed by atoms with Crippen molar-refractivity contribution in [3.63, 3.8) is 0 Å². The summed E-state index contributed by atoms with van der Waals surface area (Å²) in [6, 6.07) is 35.1. The first-order chi connectivity index (χ1) is 17.7. The molecule has 0 bridgehead atoms. The summed E-state index contributed by atoms with van der Waals surface area (Å²) in [5.41, 5.74) is 12.3. The molecule has 184 valence electrons. The van der Waals surface area contributed by atoms with Gasteiger partial charge in [0.25, 0.3) is 0 Å². The summed E-state index contributed by atoms with van der Waals surface area (Å²) < 4.78 is 13.0. The Labute approximate surface area is 217 Å². The minimum absolute atomic E-state index is 0.0352. The minimum Gasteiger partial charge on any atom is -0.392 e. The molecule has 0 saturated carbocycles. The van der Waals surface area contributed by atoms with E-state index in [1.807, 2.05) is 42.5 Å². The highest BCUT2D eigenvalue weighted by Gasteiger charge is 2.32. The molecule has 1 saturated heterocycles. The summed E-state index contributed by atoms with van der Waals surface area (Å²) >= 11 is 1.81. The molecule has 4 nitrogen and oxygen atoms in total. The van der Waals surface area contributed by atoms with Crippen LogP contribution in [-0.2, 0) is 22.6 Å². The third-order valence-corrected chi connectivity index (χ3v) is 7.67. The lowest BCUT2D eigenvalue weighted by atomic mass is 9.98. The first-order valence-electron chi connectivity index (χ1n) is 12.3. The van der Waals surface area contributed by atoms with E-state index in [-0.39, 0.29) is 18.8 Å². The van der Waals surface area contributed by atoms with Gasteiger partial charge in [-0.1, -0.05) is 91.0 Å². The Bertz CT molecular complexity index is 1250. The first kappa shape index (κ1) is 24.8. The van der Waals surface area contributed by atoms with Gasteiger partial charge in [-0.15, -0.1) is 11.8 Å². The molecule has 5 rings (SSSR count). The van der Waals surface area contributed by atoms with Crippen LogP contribution in [-0.4, -0.2) is 17.0 Å². The molecule has 1 fully saturated rings. The average Bonchev–Trinajstić information content (AvgIpc) is 2.96. The van der Waals surface area contributed by atoms with Crippen molar-refractivity contribution >= 4 is 11.8 Å². The van der Waals surface area contributed by atoms with Gasteiger partial charge in [0.05, 0.1) is 18.8 Å². The fourth-order valence-corrected chi connectivity index (χ4v) is 5.47. The van der Waals surface area contributed by atoms with Gasteiger partial charge in [-0.2, -0.15) is 0 Å². The van der Waals surface area contributed by atoms with Crippen molar-refractivity contribution in [1.82, 2.24) is 0 Å². The highest BCUT2D eigenvalue weighted by atomic mass is 32.2. The molecular formula is C31H31NO3S. The van der Waals surface area contributed by atoms with E-state index in [4.69, 9.17) is 15.2 Å². The number of aliphatic hydroxyl groups is 1. The predicted molar refractivity (Wildman–Crippen MR) is 145 cm³/mol. The number of ether oxygens (including phenoxy) is 2. The summed E-state index contributed by atoms with van der Waals surface area (Å²) in [5.74, 6) is 0.844. The molecule has 5 heteroatoms. The van der Waals surface area contributed by atoms with E-state index >= 15 is 0 Å². The van der Waals surface area contributed by atoms with E-state index in [0.29, 0.717) is 6.54 Å². The van der Waals surface area contributed by atoms with Crippen molar-refractivity contribution < 1.29 is 14.6 Å². The topological polar surface area (TPSA) is 64.7 Å². The number of benzene rings is 4. The van der Waals surface area contributed by atoms with Crippen LogP contribution in [0.15, 0.2) is 108 Å². The van der Waals surface area contributed by atoms with Gasteiger partial charge in [0.2, 0.25) is 0 Å². The second-order valence-corrected chi connectivity index (χ2v) is 10.1. The monoisotopic (exact) mass is 497 g/mol. The first-order valence-corrected chi connectivity index (χ1v) is 13.3. The van der Waals surface area contributed by atoms with Crippen molar-refractivity contribution in [2.24, 2.45) is 5.73 Å². The fourth-order valence-electron chi connectivity index (χ4n) is 4.53. The molecule has 3 atom stereocenters. The van der Waals surface area contributed by atoms with E-state index in [1.54, 1.807) is 11.8 Å². The molecule has 0 aliphatic carbocycles. The van der Waals surface area contributed by atoms with Crippen molar-refractivity contribution in [1.29, 1.82) is 0 Å². The normalized spacial score (nSPS) is 19.8. The van der Waals surface area contributed by atoms with Crippen LogP contribution >= 0.6 is 11.8 Å². The Kier molecular flexibility index (Phi) is 8.16. The Morgan fingerprint density at radius 3 is 2.19 bits per heavy atom. The fraction of sp³-hybridized carbons (Fsp3) is 0.226. The molecule has 0 amide bonds. The smallest absolute Gasteiger partial charge is 0.184 e. The van der Waals surface area contributed by atoms with Crippen LogP contribution in [0.2, 0.25) is 0 Å². The molecule has 1 heterocycles. The highest BCUT2D eigenvalue weighted by Crippen LogP contribution is 2.40. The lowest BCUT2D eigenvalue weighted by molar-refractivity contribution is -0.245. The van der Waals surface area contributed by atoms with Gasteiger partial charge < -0.3 is 20.3 Å². The lowest BCUT2D eigenvalue weighted by Gasteiger charge is -2.36. The zero-order valence-corrected chi connectivity index (χ0v) is 20.9. The van der Waals surface area contributed by atoms with Crippen molar-refractivity contribution in [3.05, 3.63) is 125 Å². The molecule has 4 aromatic rings. The number of rotatable bonds is 8. The van der Waals surface area contributed by atoms with Crippen LogP contribution in [0.5, 0.6) is 0 Å². The van der Waals surface area contributed by atoms with Crippen molar-refractivity contribution in [3.8, 4) is 11.1 Å². The van der Waals surface area contributed by atoms with Crippen LogP contribution in [0.1, 0.15) is 41.1 Å². The summed E-state index contributed by atoms with van der Waals surface area (Å²) in [7, 11) is 0. The standard InChI is InChI=1S/C31H31NO3S/c32-19-26-6-4-5-9-29(26)23-14-16-25(17-15-23)31-34-27(21-36-28-7-2-1-3-8-28)18-30(35-31)24-12-10-22(20-33)11-13-24/h1-17,27,30-31,33H,18-21,32H2. The quantitative estimate of drug-likeness (QED) is 0.267. The van der Waals surface area contributed by atoms with E-state index in [1.165, 1.54) is 4.90 Å². The molecule has 3 unspecified atom stereocenters. The second-order valence-electron chi connectivity index (χ2n) is 8.96. The summed E-state index contributed by atoms with van der Waals surface area (Å²) in [5, 5.41) is 9.43. The molecule has 36 heavy (non-hydrogen) atoms. The van der Waals surface area contributed by atoms with E-state index < -0.39 is 6.29 Å². The van der Waals surface area contributed by atoms with Crippen LogP contribution in [0, 0.1) is 0 Å². The second kappa shape index (κ2) is 11.9.